The minimum Gasteiger partial charge on any atom is -0.329 e. The summed E-state index contributed by atoms with van der Waals surface area (Å²) in [4.78, 5) is 2.53. The van der Waals surface area contributed by atoms with Crippen molar-refractivity contribution < 1.29 is 0 Å². The van der Waals surface area contributed by atoms with Crippen LogP contribution in [0.4, 0.5) is 0 Å². The second-order valence-electron chi connectivity index (χ2n) is 4.80. The van der Waals surface area contributed by atoms with E-state index in [1.165, 1.54) is 31.4 Å². The molecular formula is C14H21ClN2. The molecule has 0 aromatic heterocycles. The van der Waals surface area contributed by atoms with Crippen molar-refractivity contribution in [2.75, 3.05) is 19.6 Å². The lowest BCUT2D eigenvalue weighted by Crippen LogP contribution is -2.36. The van der Waals surface area contributed by atoms with Crippen molar-refractivity contribution in [2.45, 2.75) is 31.7 Å². The van der Waals surface area contributed by atoms with Crippen molar-refractivity contribution in [3.8, 4) is 0 Å². The molecule has 1 fully saturated rings. The fourth-order valence-corrected chi connectivity index (χ4v) is 2.85. The van der Waals surface area contributed by atoms with E-state index in [9.17, 15) is 0 Å². The van der Waals surface area contributed by atoms with Gasteiger partial charge < -0.3 is 5.73 Å². The van der Waals surface area contributed by atoms with E-state index in [2.05, 4.69) is 17.0 Å². The highest BCUT2D eigenvalue weighted by Gasteiger charge is 2.21. The third-order valence-electron chi connectivity index (χ3n) is 3.57. The molecule has 0 bridgehead atoms. The smallest absolute Gasteiger partial charge is 0.0408 e. The normalized spacial score (nSPS) is 20.9. The van der Waals surface area contributed by atoms with Crippen LogP contribution in [0.5, 0.6) is 0 Å². The summed E-state index contributed by atoms with van der Waals surface area (Å²) in [5, 5.41) is 0.837. The second kappa shape index (κ2) is 6.39. The Morgan fingerprint density at radius 1 is 1.41 bits per heavy atom. The average molecular weight is 253 g/mol. The van der Waals surface area contributed by atoms with Gasteiger partial charge in [0.25, 0.3) is 0 Å². The fraction of sp³-hybridized carbons (Fsp3) is 0.571. The number of rotatable bonds is 5. The molecule has 94 valence electrons. The highest BCUT2D eigenvalue weighted by Crippen LogP contribution is 2.17. The van der Waals surface area contributed by atoms with Gasteiger partial charge in [-0.2, -0.15) is 0 Å². The van der Waals surface area contributed by atoms with Gasteiger partial charge in [-0.15, -0.1) is 0 Å². The summed E-state index contributed by atoms with van der Waals surface area (Å²) in [5.41, 5.74) is 7.10. The Bertz CT molecular complexity index is 354. The first-order chi connectivity index (χ1) is 8.29. The van der Waals surface area contributed by atoms with E-state index in [-0.39, 0.29) is 0 Å². The molecule has 1 aromatic carbocycles. The van der Waals surface area contributed by atoms with Gasteiger partial charge in [0.05, 0.1) is 0 Å². The monoisotopic (exact) mass is 252 g/mol. The van der Waals surface area contributed by atoms with Gasteiger partial charge in [-0.05, 0) is 56.5 Å². The van der Waals surface area contributed by atoms with Crippen molar-refractivity contribution in [1.29, 1.82) is 0 Å². The van der Waals surface area contributed by atoms with Crippen LogP contribution in [0.25, 0.3) is 0 Å². The topological polar surface area (TPSA) is 29.3 Å². The van der Waals surface area contributed by atoms with Crippen LogP contribution in [0.3, 0.4) is 0 Å². The van der Waals surface area contributed by atoms with Crippen LogP contribution in [0.1, 0.15) is 24.8 Å². The van der Waals surface area contributed by atoms with E-state index < -0.39 is 0 Å². The lowest BCUT2D eigenvalue weighted by Gasteiger charge is -2.22. The maximum absolute atomic E-state index is 5.97. The lowest BCUT2D eigenvalue weighted by atomic mass is 10.1. The molecule has 0 spiro atoms. The zero-order valence-corrected chi connectivity index (χ0v) is 11.0. The van der Waals surface area contributed by atoms with Gasteiger partial charge in [0.2, 0.25) is 0 Å². The van der Waals surface area contributed by atoms with Crippen molar-refractivity contribution in [3.05, 3.63) is 34.9 Å². The molecule has 2 N–H and O–H groups in total. The number of halogens is 1. The van der Waals surface area contributed by atoms with Crippen LogP contribution < -0.4 is 5.73 Å². The molecule has 1 aromatic rings. The first kappa shape index (κ1) is 12.9. The number of nitrogens with zero attached hydrogens (tertiary/aromatic N) is 1. The molecule has 0 amide bonds. The molecular weight excluding hydrogens is 232 g/mol. The quantitative estimate of drug-likeness (QED) is 0.873. The molecule has 0 saturated carbocycles. The van der Waals surface area contributed by atoms with Gasteiger partial charge in [-0.1, -0.05) is 23.7 Å². The summed E-state index contributed by atoms with van der Waals surface area (Å²) in [6.45, 7) is 3.18. The number of nitrogens with two attached hydrogens (primary N) is 1. The molecule has 1 unspecified atom stereocenters. The Morgan fingerprint density at radius 3 is 3.06 bits per heavy atom. The summed E-state index contributed by atoms with van der Waals surface area (Å²) in [6, 6.07) is 8.78. The molecule has 3 heteroatoms. The van der Waals surface area contributed by atoms with Gasteiger partial charge >= 0.3 is 0 Å². The van der Waals surface area contributed by atoms with E-state index in [1.54, 1.807) is 0 Å². The fourth-order valence-electron chi connectivity index (χ4n) is 2.64. The summed E-state index contributed by atoms with van der Waals surface area (Å²) < 4.78 is 0. The van der Waals surface area contributed by atoms with E-state index in [4.69, 9.17) is 17.3 Å². The third-order valence-corrected chi connectivity index (χ3v) is 3.81. The van der Waals surface area contributed by atoms with Gasteiger partial charge in [-0.3, -0.25) is 4.90 Å². The zero-order chi connectivity index (χ0) is 12.1. The van der Waals surface area contributed by atoms with Crippen molar-refractivity contribution in [1.82, 2.24) is 4.90 Å². The number of benzene rings is 1. The predicted molar refractivity (Wildman–Crippen MR) is 73.4 cm³/mol. The Morgan fingerprint density at radius 2 is 2.29 bits per heavy atom. The summed E-state index contributed by atoms with van der Waals surface area (Å²) in [7, 11) is 0. The lowest BCUT2D eigenvalue weighted by molar-refractivity contribution is 0.256. The van der Waals surface area contributed by atoms with E-state index in [0.717, 1.165) is 24.5 Å². The molecule has 0 aliphatic carbocycles. The maximum atomic E-state index is 5.97. The van der Waals surface area contributed by atoms with E-state index in [0.29, 0.717) is 6.04 Å². The van der Waals surface area contributed by atoms with Crippen molar-refractivity contribution >= 4 is 11.6 Å². The number of aryl methyl sites for hydroxylation is 1. The highest BCUT2D eigenvalue weighted by atomic mass is 35.5. The SMILES string of the molecule is NCC1CCCN1CCCc1cccc(Cl)c1. The first-order valence-electron chi connectivity index (χ1n) is 6.48. The van der Waals surface area contributed by atoms with Gasteiger partial charge in [0, 0.05) is 17.6 Å². The number of hydrogen-bond donors (Lipinski definition) is 1. The molecule has 1 atom stereocenters. The van der Waals surface area contributed by atoms with Gasteiger partial charge in [-0.25, -0.2) is 0 Å². The summed E-state index contributed by atoms with van der Waals surface area (Å²) in [6.07, 6.45) is 4.87. The predicted octanol–water partition coefficient (Wildman–Crippen LogP) is 2.70. The molecule has 1 saturated heterocycles. The van der Waals surface area contributed by atoms with Crippen LogP contribution >= 0.6 is 11.6 Å². The van der Waals surface area contributed by atoms with E-state index >= 15 is 0 Å². The van der Waals surface area contributed by atoms with Crippen LogP contribution in [0.15, 0.2) is 24.3 Å². The molecule has 17 heavy (non-hydrogen) atoms. The Labute approximate surface area is 109 Å². The molecule has 0 radical (unpaired) electrons. The molecule has 1 aliphatic rings. The molecule has 1 aliphatic heterocycles. The molecule has 2 nitrogen and oxygen atoms in total. The number of likely N-dealkylation sites (tertiary alicyclic amines) is 1. The first-order valence-corrected chi connectivity index (χ1v) is 6.86. The Hall–Kier alpha value is -0.570. The van der Waals surface area contributed by atoms with Gasteiger partial charge in [0.1, 0.15) is 0 Å². The number of hydrogen-bond acceptors (Lipinski definition) is 2. The molecule has 1 heterocycles. The van der Waals surface area contributed by atoms with Crippen molar-refractivity contribution in [2.24, 2.45) is 5.73 Å². The van der Waals surface area contributed by atoms with Crippen LogP contribution in [-0.4, -0.2) is 30.6 Å². The minimum atomic E-state index is 0.620. The van der Waals surface area contributed by atoms with E-state index in [1.807, 2.05) is 12.1 Å². The zero-order valence-electron chi connectivity index (χ0n) is 10.2. The second-order valence-corrected chi connectivity index (χ2v) is 5.24. The average Bonchev–Trinajstić information content (AvgIpc) is 2.77. The Kier molecular flexibility index (Phi) is 4.84. The summed E-state index contributed by atoms with van der Waals surface area (Å²) >= 11 is 5.97. The standard InChI is InChI=1S/C14H21ClN2/c15-13-6-1-4-12(10-13)5-2-8-17-9-3-7-14(17)11-16/h1,4,6,10,14H,2-3,5,7-9,11,16H2. The summed E-state index contributed by atoms with van der Waals surface area (Å²) in [5.74, 6) is 0. The third kappa shape index (κ3) is 3.70. The largest absolute Gasteiger partial charge is 0.329 e. The highest BCUT2D eigenvalue weighted by molar-refractivity contribution is 6.30. The van der Waals surface area contributed by atoms with Crippen LogP contribution in [-0.2, 0) is 6.42 Å². The minimum absolute atomic E-state index is 0.620. The van der Waals surface area contributed by atoms with Crippen LogP contribution in [0.2, 0.25) is 5.02 Å². The van der Waals surface area contributed by atoms with Gasteiger partial charge in [0.15, 0.2) is 0 Å². The maximum Gasteiger partial charge on any atom is 0.0408 e. The molecule has 2 rings (SSSR count). The van der Waals surface area contributed by atoms with Crippen LogP contribution in [0, 0.1) is 0 Å². The Balaban J connectivity index is 1.76. The van der Waals surface area contributed by atoms with Crippen molar-refractivity contribution in [3.63, 3.8) is 0 Å².